The highest BCUT2D eigenvalue weighted by molar-refractivity contribution is 7.90. The summed E-state index contributed by atoms with van der Waals surface area (Å²) >= 11 is 0. The van der Waals surface area contributed by atoms with Crippen molar-refractivity contribution in [2.45, 2.75) is 31.8 Å². The Bertz CT molecular complexity index is 365. The zero-order valence-electron chi connectivity index (χ0n) is 10.8. The van der Waals surface area contributed by atoms with Crippen molar-refractivity contribution in [2.75, 3.05) is 25.6 Å². The second-order valence-electron chi connectivity index (χ2n) is 4.89. The van der Waals surface area contributed by atoms with Gasteiger partial charge in [-0.2, -0.15) is 0 Å². The number of sulfone groups is 1. The monoisotopic (exact) mass is 266 g/mol. The fourth-order valence-corrected chi connectivity index (χ4v) is 2.01. The topological polar surface area (TPSA) is 101 Å². The minimum Gasteiger partial charge on any atom is -0.480 e. The van der Waals surface area contributed by atoms with Gasteiger partial charge in [0.15, 0.2) is 0 Å². The van der Waals surface area contributed by atoms with E-state index in [1.807, 2.05) is 6.92 Å². The first-order chi connectivity index (χ1) is 7.46. The smallest absolute Gasteiger partial charge is 0.323 e. The molecule has 0 aliphatic carbocycles. The van der Waals surface area contributed by atoms with E-state index in [0.29, 0.717) is 6.54 Å². The molecule has 0 spiro atoms. The molecule has 7 heteroatoms. The van der Waals surface area contributed by atoms with Gasteiger partial charge in [0.1, 0.15) is 15.4 Å². The Hall–Kier alpha value is -0.660. The van der Waals surface area contributed by atoms with Crippen molar-refractivity contribution in [1.82, 2.24) is 4.90 Å². The van der Waals surface area contributed by atoms with E-state index >= 15 is 0 Å². The standard InChI is InChI=1S/C10H22N2O4S/c1-8(7-10(2,11)9(13)14)12(3)5-6-17(4,15)16/h8H,5-7,11H2,1-4H3,(H,13,14). The third kappa shape index (κ3) is 6.60. The molecule has 6 nitrogen and oxygen atoms in total. The predicted molar refractivity (Wildman–Crippen MR) is 66.6 cm³/mol. The van der Waals surface area contributed by atoms with Crippen LogP contribution < -0.4 is 5.73 Å². The Morgan fingerprint density at radius 3 is 2.35 bits per heavy atom. The number of carbonyl (C=O) groups is 1. The van der Waals surface area contributed by atoms with Crippen LogP contribution in [0.25, 0.3) is 0 Å². The largest absolute Gasteiger partial charge is 0.480 e. The van der Waals surface area contributed by atoms with Crippen LogP contribution in [0.4, 0.5) is 0 Å². The highest BCUT2D eigenvalue weighted by Crippen LogP contribution is 2.13. The van der Waals surface area contributed by atoms with Gasteiger partial charge in [0.05, 0.1) is 5.75 Å². The zero-order valence-corrected chi connectivity index (χ0v) is 11.6. The predicted octanol–water partition coefficient (Wildman–Crippen LogP) is -0.457. The van der Waals surface area contributed by atoms with Crippen molar-refractivity contribution >= 4 is 15.8 Å². The molecule has 0 heterocycles. The number of aliphatic carboxylic acids is 1. The van der Waals surface area contributed by atoms with E-state index in [9.17, 15) is 13.2 Å². The Morgan fingerprint density at radius 2 is 2.00 bits per heavy atom. The molecule has 0 bridgehead atoms. The van der Waals surface area contributed by atoms with Crippen molar-refractivity contribution in [3.05, 3.63) is 0 Å². The fourth-order valence-electron chi connectivity index (χ4n) is 1.39. The number of nitrogens with zero attached hydrogens (tertiary/aromatic N) is 1. The van der Waals surface area contributed by atoms with Crippen LogP contribution >= 0.6 is 0 Å². The quantitative estimate of drug-likeness (QED) is 0.647. The average molecular weight is 266 g/mol. The lowest BCUT2D eigenvalue weighted by molar-refractivity contribution is -0.143. The highest BCUT2D eigenvalue weighted by Gasteiger charge is 2.31. The van der Waals surface area contributed by atoms with E-state index < -0.39 is 21.3 Å². The molecular weight excluding hydrogens is 244 g/mol. The maximum Gasteiger partial charge on any atom is 0.323 e. The summed E-state index contributed by atoms with van der Waals surface area (Å²) in [5.41, 5.74) is 4.34. The first-order valence-corrected chi connectivity index (χ1v) is 7.42. The van der Waals surface area contributed by atoms with Gasteiger partial charge in [-0.25, -0.2) is 8.42 Å². The number of carboxylic acid groups (broad SMARTS) is 1. The number of rotatable bonds is 7. The Labute approximate surface area is 103 Å². The SMILES string of the molecule is CC(CC(C)(N)C(=O)O)N(C)CCS(C)(=O)=O. The minimum absolute atomic E-state index is 0.0577. The summed E-state index contributed by atoms with van der Waals surface area (Å²) in [4.78, 5) is 12.7. The molecule has 0 saturated carbocycles. The van der Waals surface area contributed by atoms with Gasteiger partial charge in [-0.05, 0) is 27.3 Å². The number of carboxylic acids is 1. The summed E-state index contributed by atoms with van der Waals surface area (Å²) in [5.74, 6) is -0.997. The van der Waals surface area contributed by atoms with Crippen LogP contribution in [0.5, 0.6) is 0 Å². The normalized spacial score (nSPS) is 17.8. The van der Waals surface area contributed by atoms with Crippen LogP contribution in [0.2, 0.25) is 0 Å². The summed E-state index contributed by atoms with van der Waals surface area (Å²) in [6, 6.07) is -0.0946. The Balaban J connectivity index is 4.33. The minimum atomic E-state index is -3.00. The summed E-state index contributed by atoms with van der Waals surface area (Å²) < 4.78 is 22.0. The van der Waals surface area contributed by atoms with Crippen molar-refractivity contribution < 1.29 is 18.3 Å². The maximum atomic E-state index is 11.0. The van der Waals surface area contributed by atoms with Crippen LogP contribution in [0.3, 0.4) is 0 Å². The molecule has 0 saturated heterocycles. The third-order valence-electron chi connectivity index (χ3n) is 2.78. The van der Waals surface area contributed by atoms with E-state index in [1.165, 1.54) is 13.2 Å². The second kappa shape index (κ2) is 5.79. The van der Waals surface area contributed by atoms with E-state index in [4.69, 9.17) is 10.8 Å². The zero-order chi connectivity index (χ0) is 13.9. The van der Waals surface area contributed by atoms with Gasteiger partial charge < -0.3 is 15.7 Å². The first-order valence-electron chi connectivity index (χ1n) is 5.36. The van der Waals surface area contributed by atoms with Gasteiger partial charge in [-0.1, -0.05) is 0 Å². The van der Waals surface area contributed by atoms with E-state index in [-0.39, 0.29) is 18.2 Å². The number of nitrogens with two attached hydrogens (primary N) is 1. The molecule has 0 aliphatic heterocycles. The summed E-state index contributed by atoms with van der Waals surface area (Å²) in [6.07, 6.45) is 1.44. The van der Waals surface area contributed by atoms with Crippen LogP contribution in [0.1, 0.15) is 20.3 Å². The van der Waals surface area contributed by atoms with Crippen molar-refractivity contribution in [3.8, 4) is 0 Å². The van der Waals surface area contributed by atoms with Crippen molar-refractivity contribution in [2.24, 2.45) is 5.73 Å². The molecule has 2 unspecified atom stereocenters. The lowest BCUT2D eigenvalue weighted by Crippen LogP contribution is -2.50. The molecule has 17 heavy (non-hydrogen) atoms. The molecule has 0 fully saturated rings. The molecule has 3 N–H and O–H groups in total. The molecule has 102 valence electrons. The Morgan fingerprint density at radius 1 is 1.53 bits per heavy atom. The first kappa shape index (κ1) is 16.3. The average Bonchev–Trinajstić information content (AvgIpc) is 2.11. The lowest BCUT2D eigenvalue weighted by Gasteiger charge is -2.30. The molecule has 0 aromatic carbocycles. The highest BCUT2D eigenvalue weighted by atomic mass is 32.2. The van der Waals surface area contributed by atoms with Crippen molar-refractivity contribution in [1.29, 1.82) is 0 Å². The van der Waals surface area contributed by atoms with Gasteiger partial charge in [-0.15, -0.1) is 0 Å². The Kier molecular flexibility index (Phi) is 5.57. The molecule has 0 amide bonds. The molecule has 0 aromatic heterocycles. The van der Waals surface area contributed by atoms with Crippen LogP contribution in [0.15, 0.2) is 0 Å². The summed E-state index contributed by atoms with van der Waals surface area (Å²) in [6.45, 7) is 3.66. The van der Waals surface area contributed by atoms with Gasteiger partial charge in [0, 0.05) is 18.8 Å². The van der Waals surface area contributed by atoms with E-state index in [2.05, 4.69) is 0 Å². The van der Waals surface area contributed by atoms with Gasteiger partial charge in [0.2, 0.25) is 0 Å². The summed E-state index contributed by atoms with van der Waals surface area (Å²) in [7, 11) is -1.24. The molecule has 0 aromatic rings. The molecule has 0 rings (SSSR count). The van der Waals surface area contributed by atoms with Gasteiger partial charge in [0.25, 0.3) is 0 Å². The van der Waals surface area contributed by atoms with Crippen LogP contribution in [0, 0.1) is 0 Å². The molecule has 0 radical (unpaired) electrons. The third-order valence-corrected chi connectivity index (χ3v) is 3.70. The fraction of sp³-hybridized carbons (Fsp3) is 0.900. The van der Waals surface area contributed by atoms with Gasteiger partial charge in [-0.3, -0.25) is 4.79 Å². The van der Waals surface area contributed by atoms with Crippen molar-refractivity contribution in [3.63, 3.8) is 0 Å². The number of hydrogen-bond acceptors (Lipinski definition) is 5. The van der Waals surface area contributed by atoms with Crippen LogP contribution in [-0.2, 0) is 14.6 Å². The molecular formula is C10H22N2O4S. The molecule has 0 aliphatic rings. The maximum absolute atomic E-state index is 11.0. The van der Waals surface area contributed by atoms with Gasteiger partial charge >= 0.3 is 5.97 Å². The number of hydrogen-bond donors (Lipinski definition) is 2. The van der Waals surface area contributed by atoms with E-state index in [1.54, 1.807) is 11.9 Å². The second-order valence-corrected chi connectivity index (χ2v) is 7.15. The summed E-state index contributed by atoms with van der Waals surface area (Å²) in [5, 5.41) is 8.89. The molecule has 2 atom stereocenters. The van der Waals surface area contributed by atoms with E-state index in [0.717, 1.165) is 0 Å². The lowest BCUT2D eigenvalue weighted by atomic mass is 9.94. The van der Waals surface area contributed by atoms with Crippen LogP contribution in [-0.4, -0.2) is 61.6 Å².